The van der Waals surface area contributed by atoms with Crippen LogP contribution in [0.5, 0.6) is 11.5 Å². The van der Waals surface area contributed by atoms with Crippen LogP contribution in [0.3, 0.4) is 0 Å². The van der Waals surface area contributed by atoms with Gasteiger partial charge < -0.3 is 24.8 Å². The molecule has 0 amide bonds. The van der Waals surface area contributed by atoms with Gasteiger partial charge in [-0.1, -0.05) is 31.2 Å². The SMILES string of the molecule is CC(=O)[C@]1(O)Cc2c(O)c3c(c(O)c2C(OC2CC(N4CC4)C(C)C(C)O2)C1)C(=O)c1ccccc1C3=O. The van der Waals surface area contributed by atoms with Gasteiger partial charge in [-0.05, 0) is 19.8 Å². The number of aromatic hydroxyl groups is 2. The third-order valence-electron chi connectivity index (χ3n) is 8.84. The fourth-order valence-corrected chi connectivity index (χ4v) is 6.35. The summed E-state index contributed by atoms with van der Waals surface area (Å²) in [5, 5.41) is 34.2. The van der Waals surface area contributed by atoms with E-state index < -0.39 is 46.8 Å². The quantitative estimate of drug-likeness (QED) is 0.350. The Kier molecular flexibility index (Phi) is 5.77. The first-order valence-electron chi connectivity index (χ1n) is 13.1. The molecule has 5 unspecified atom stereocenters. The molecule has 2 aromatic carbocycles. The Balaban J connectivity index is 1.46. The summed E-state index contributed by atoms with van der Waals surface area (Å²) in [6, 6.07) is 6.46. The van der Waals surface area contributed by atoms with Crippen LogP contribution in [-0.4, -0.2) is 74.7 Å². The lowest BCUT2D eigenvalue weighted by Gasteiger charge is -2.43. The van der Waals surface area contributed by atoms with Crippen LogP contribution in [0, 0.1) is 5.92 Å². The van der Waals surface area contributed by atoms with E-state index in [1.807, 2.05) is 6.92 Å². The van der Waals surface area contributed by atoms with Gasteiger partial charge in [0.25, 0.3) is 0 Å². The number of carbonyl (C=O) groups is 3. The van der Waals surface area contributed by atoms with E-state index >= 15 is 0 Å². The number of ketones is 3. The molecule has 0 radical (unpaired) electrons. The minimum Gasteiger partial charge on any atom is -0.507 e. The molecule has 2 heterocycles. The fraction of sp³-hybridized carbons (Fsp3) is 0.483. The van der Waals surface area contributed by atoms with Crippen molar-refractivity contribution in [1.82, 2.24) is 4.90 Å². The monoisotopic (exact) mass is 521 g/mol. The van der Waals surface area contributed by atoms with Crippen LogP contribution in [-0.2, 0) is 20.7 Å². The van der Waals surface area contributed by atoms with Crippen molar-refractivity contribution in [2.45, 2.75) is 70.2 Å². The molecule has 3 N–H and O–H groups in total. The van der Waals surface area contributed by atoms with Gasteiger partial charge in [0.15, 0.2) is 23.6 Å². The first-order valence-corrected chi connectivity index (χ1v) is 13.1. The topological polar surface area (TPSA) is 133 Å². The zero-order valence-corrected chi connectivity index (χ0v) is 21.6. The summed E-state index contributed by atoms with van der Waals surface area (Å²) in [5.74, 6) is -2.46. The van der Waals surface area contributed by atoms with Gasteiger partial charge in [-0.25, -0.2) is 0 Å². The summed E-state index contributed by atoms with van der Waals surface area (Å²) in [5.41, 5.74) is -2.14. The van der Waals surface area contributed by atoms with Crippen LogP contribution in [0.4, 0.5) is 0 Å². The van der Waals surface area contributed by atoms with E-state index in [-0.39, 0.29) is 64.3 Å². The fourth-order valence-electron chi connectivity index (χ4n) is 6.35. The smallest absolute Gasteiger partial charge is 0.198 e. The number of hydrogen-bond acceptors (Lipinski definition) is 9. The molecular formula is C29H31NO8. The van der Waals surface area contributed by atoms with E-state index in [0.29, 0.717) is 6.42 Å². The van der Waals surface area contributed by atoms with Crippen molar-refractivity contribution in [3.05, 3.63) is 57.6 Å². The van der Waals surface area contributed by atoms with E-state index in [9.17, 15) is 29.7 Å². The Bertz CT molecular complexity index is 1380. The standard InChI is InChI=1S/C29H31NO8/c1-13-14(2)37-21(10-19(13)30-8-9-30)38-20-12-29(36,15(3)31)11-18-22(20)28(35)24-23(27(18)34)25(32)16-6-4-5-7-17(16)26(24)33/h4-7,13-14,19-21,34-36H,8-12H2,1-3H3/t13?,14?,19?,20?,21?,29-/m0/s1. The van der Waals surface area contributed by atoms with Crippen LogP contribution in [0.15, 0.2) is 24.3 Å². The minimum atomic E-state index is -1.90. The number of ether oxygens (including phenoxy) is 2. The van der Waals surface area contributed by atoms with Gasteiger partial charge in [0.2, 0.25) is 0 Å². The first-order chi connectivity index (χ1) is 18.0. The molecule has 0 saturated carbocycles. The highest BCUT2D eigenvalue weighted by Crippen LogP contribution is 2.52. The van der Waals surface area contributed by atoms with Crippen LogP contribution in [0.1, 0.15) is 82.7 Å². The molecule has 6 atom stereocenters. The number of aliphatic hydroxyl groups is 1. The van der Waals surface area contributed by atoms with Crippen LogP contribution in [0.25, 0.3) is 0 Å². The Morgan fingerprint density at radius 3 is 2.24 bits per heavy atom. The molecular weight excluding hydrogens is 490 g/mol. The lowest BCUT2D eigenvalue weighted by molar-refractivity contribution is -0.242. The largest absolute Gasteiger partial charge is 0.507 e. The van der Waals surface area contributed by atoms with E-state index in [4.69, 9.17) is 9.47 Å². The van der Waals surface area contributed by atoms with E-state index in [0.717, 1.165) is 13.1 Å². The van der Waals surface area contributed by atoms with Crippen molar-refractivity contribution in [3.63, 3.8) is 0 Å². The molecule has 2 aliphatic carbocycles. The van der Waals surface area contributed by atoms with Gasteiger partial charge in [-0.2, -0.15) is 0 Å². The maximum absolute atomic E-state index is 13.5. The third kappa shape index (κ3) is 3.71. The van der Waals surface area contributed by atoms with Gasteiger partial charge in [-0.15, -0.1) is 0 Å². The molecule has 0 bridgehead atoms. The molecule has 0 aromatic heterocycles. The number of Topliss-reactive ketones (excluding diaryl/α,β-unsaturated/α-hetero) is 1. The Morgan fingerprint density at radius 1 is 1.05 bits per heavy atom. The molecule has 9 heteroatoms. The number of phenols is 2. The number of hydrogen-bond donors (Lipinski definition) is 3. The van der Waals surface area contributed by atoms with E-state index in [1.165, 1.54) is 19.1 Å². The van der Waals surface area contributed by atoms with Gasteiger partial charge in [0.1, 0.15) is 17.1 Å². The molecule has 2 saturated heterocycles. The zero-order chi connectivity index (χ0) is 27.1. The van der Waals surface area contributed by atoms with Crippen LogP contribution >= 0.6 is 0 Å². The Labute approximate surface area is 220 Å². The number of phenolic OH excluding ortho intramolecular Hbond substituents is 2. The summed E-state index contributed by atoms with van der Waals surface area (Å²) in [6.45, 7) is 7.36. The molecule has 0 spiro atoms. The van der Waals surface area contributed by atoms with Crippen LogP contribution < -0.4 is 0 Å². The van der Waals surface area contributed by atoms with Gasteiger partial charge in [0, 0.05) is 60.6 Å². The predicted molar refractivity (Wildman–Crippen MR) is 134 cm³/mol. The molecule has 9 nitrogen and oxygen atoms in total. The number of fused-ring (bicyclic) bond motifs is 3. The summed E-state index contributed by atoms with van der Waals surface area (Å²) in [7, 11) is 0. The second-order valence-corrected chi connectivity index (χ2v) is 11.1. The molecule has 2 aliphatic heterocycles. The number of rotatable bonds is 4. The zero-order valence-electron chi connectivity index (χ0n) is 21.6. The van der Waals surface area contributed by atoms with E-state index in [1.54, 1.807) is 12.1 Å². The number of carbonyl (C=O) groups excluding carboxylic acids is 3. The van der Waals surface area contributed by atoms with E-state index in [2.05, 4.69) is 11.8 Å². The molecule has 38 heavy (non-hydrogen) atoms. The average Bonchev–Trinajstić information content (AvgIpc) is 3.72. The van der Waals surface area contributed by atoms with Crippen molar-refractivity contribution >= 4 is 17.3 Å². The van der Waals surface area contributed by atoms with Gasteiger partial charge >= 0.3 is 0 Å². The molecule has 200 valence electrons. The lowest BCUT2D eigenvalue weighted by Crippen LogP contribution is -2.48. The molecule has 2 aromatic rings. The van der Waals surface area contributed by atoms with Crippen molar-refractivity contribution in [3.8, 4) is 11.5 Å². The molecule has 6 rings (SSSR count). The second-order valence-electron chi connectivity index (χ2n) is 11.1. The highest BCUT2D eigenvalue weighted by atomic mass is 16.7. The van der Waals surface area contributed by atoms with Crippen LogP contribution in [0.2, 0.25) is 0 Å². The molecule has 4 aliphatic rings. The van der Waals surface area contributed by atoms with Crippen molar-refractivity contribution in [2.24, 2.45) is 5.92 Å². The predicted octanol–water partition coefficient (Wildman–Crippen LogP) is 2.65. The summed E-state index contributed by atoms with van der Waals surface area (Å²) >= 11 is 0. The lowest BCUT2D eigenvalue weighted by atomic mass is 9.72. The average molecular weight is 522 g/mol. The normalized spacial score (nSPS) is 32.4. The van der Waals surface area contributed by atoms with Crippen molar-refractivity contribution in [2.75, 3.05) is 13.1 Å². The maximum atomic E-state index is 13.5. The molecule has 2 fully saturated rings. The summed E-state index contributed by atoms with van der Waals surface area (Å²) in [6.07, 6.45) is -1.85. The Morgan fingerprint density at radius 2 is 1.66 bits per heavy atom. The summed E-state index contributed by atoms with van der Waals surface area (Å²) < 4.78 is 12.5. The highest BCUT2D eigenvalue weighted by molar-refractivity contribution is 6.30. The highest BCUT2D eigenvalue weighted by Gasteiger charge is 2.49. The van der Waals surface area contributed by atoms with Crippen molar-refractivity contribution in [1.29, 1.82) is 0 Å². The maximum Gasteiger partial charge on any atom is 0.198 e. The summed E-state index contributed by atoms with van der Waals surface area (Å²) in [4.78, 5) is 41.7. The first kappa shape index (κ1) is 25.2. The number of nitrogens with zero attached hydrogens (tertiary/aromatic N) is 1. The second kappa shape index (κ2) is 8.71. The van der Waals surface area contributed by atoms with Crippen molar-refractivity contribution < 1.29 is 39.2 Å². The minimum absolute atomic E-state index is 0.0236. The number of benzene rings is 2. The van der Waals surface area contributed by atoms with Gasteiger partial charge in [-0.3, -0.25) is 19.3 Å². The van der Waals surface area contributed by atoms with Gasteiger partial charge in [0.05, 0.1) is 23.3 Å². The Hall–Kier alpha value is -3.11. The third-order valence-corrected chi connectivity index (χ3v) is 8.84.